The van der Waals surface area contributed by atoms with E-state index in [-0.39, 0.29) is 6.10 Å². The molecule has 1 aromatic heterocycles. The zero-order valence-corrected chi connectivity index (χ0v) is 12.4. The molecule has 1 N–H and O–H groups in total. The van der Waals surface area contributed by atoms with E-state index in [9.17, 15) is 5.11 Å². The van der Waals surface area contributed by atoms with E-state index in [1.54, 1.807) is 0 Å². The third-order valence-corrected chi connectivity index (χ3v) is 5.19. The largest absolute Gasteiger partial charge is 0.392 e. The summed E-state index contributed by atoms with van der Waals surface area (Å²) in [4.78, 5) is 4.53. The Morgan fingerprint density at radius 3 is 2.55 bits per heavy atom. The van der Waals surface area contributed by atoms with Crippen molar-refractivity contribution in [2.75, 3.05) is 0 Å². The molecular weight excluding hydrogens is 252 g/mol. The molecule has 2 fully saturated rings. The van der Waals surface area contributed by atoms with Crippen LogP contribution < -0.4 is 0 Å². The Hall–Kier alpha value is -0.900. The Balaban J connectivity index is 1.56. The van der Waals surface area contributed by atoms with Crippen LogP contribution in [0.25, 0.3) is 0 Å². The Labute approximate surface area is 121 Å². The molecule has 0 saturated heterocycles. The van der Waals surface area contributed by atoms with Crippen LogP contribution in [0, 0.1) is 11.8 Å². The summed E-state index contributed by atoms with van der Waals surface area (Å²) in [5.41, 5.74) is 0. The van der Waals surface area contributed by atoms with Crippen LogP contribution in [-0.2, 0) is 6.42 Å². The topological polar surface area (TPSA) is 59.2 Å². The highest BCUT2D eigenvalue weighted by atomic mass is 16.5. The highest BCUT2D eigenvalue weighted by Crippen LogP contribution is 2.34. The predicted molar refractivity (Wildman–Crippen MR) is 76.3 cm³/mol. The summed E-state index contributed by atoms with van der Waals surface area (Å²) in [5.74, 6) is 3.22. The fraction of sp³-hybridized carbons (Fsp3) is 0.875. The number of hydrogen-bond acceptors (Lipinski definition) is 4. The maximum atomic E-state index is 10.2. The molecule has 4 nitrogen and oxygen atoms in total. The van der Waals surface area contributed by atoms with Crippen LogP contribution in [0.3, 0.4) is 0 Å². The van der Waals surface area contributed by atoms with E-state index in [0.29, 0.717) is 24.1 Å². The summed E-state index contributed by atoms with van der Waals surface area (Å²) < 4.78 is 5.35. The number of hydrogen-bond donors (Lipinski definition) is 1. The molecule has 1 heterocycles. The van der Waals surface area contributed by atoms with Gasteiger partial charge in [0.05, 0.1) is 12.5 Å². The van der Waals surface area contributed by atoms with Gasteiger partial charge in [-0.05, 0) is 37.5 Å². The van der Waals surface area contributed by atoms with E-state index >= 15 is 0 Å². The highest BCUT2D eigenvalue weighted by molar-refractivity contribution is 4.98. The predicted octanol–water partition coefficient (Wildman–Crippen LogP) is 3.46. The number of rotatable bonds is 4. The lowest BCUT2D eigenvalue weighted by Gasteiger charge is -2.23. The fourth-order valence-electron chi connectivity index (χ4n) is 3.72. The molecule has 0 aliphatic heterocycles. The van der Waals surface area contributed by atoms with Gasteiger partial charge in [-0.3, -0.25) is 0 Å². The normalized spacial score (nSPS) is 29.7. The zero-order valence-electron chi connectivity index (χ0n) is 12.4. The van der Waals surface area contributed by atoms with Gasteiger partial charge in [0.15, 0.2) is 5.82 Å². The number of aliphatic hydroxyl groups excluding tert-OH is 1. The van der Waals surface area contributed by atoms with Gasteiger partial charge >= 0.3 is 0 Å². The van der Waals surface area contributed by atoms with Crippen molar-refractivity contribution in [3.63, 3.8) is 0 Å². The first-order valence-corrected chi connectivity index (χ1v) is 8.23. The zero-order chi connectivity index (χ0) is 13.9. The molecule has 0 aromatic carbocycles. The molecule has 1 aromatic rings. The van der Waals surface area contributed by atoms with Crippen LogP contribution in [0.1, 0.15) is 75.9 Å². The van der Waals surface area contributed by atoms with E-state index in [1.165, 1.54) is 38.5 Å². The molecule has 20 heavy (non-hydrogen) atoms. The molecule has 1 atom stereocenters. The van der Waals surface area contributed by atoms with Gasteiger partial charge in [0.25, 0.3) is 0 Å². The minimum Gasteiger partial charge on any atom is -0.392 e. The number of nitrogens with zero attached hydrogens (tertiary/aromatic N) is 2. The van der Waals surface area contributed by atoms with Gasteiger partial charge in [-0.2, -0.15) is 4.98 Å². The Bertz CT molecular complexity index is 418. The van der Waals surface area contributed by atoms with Gasteiger partial charge in [0.2, 0.25) is 5.89 Å². The molecule has 1 unspecified atom stereocenters. The maximum absolute atomic E-state index is 10.2. The molecule has 0 amide bonds. The first-order chi connectivity index (χ1) is 9.72. The lowest BCUT2D eigenvalue weighted by molar-refractivity contribution is 0.102. The monoisotopic (exact) mass is 278 g/mol. The third-order valence-electron chi connectivity index (χ3n) is 5.19. The Kier molecular flexibility index (Phi) is 4.39. The van der Waals surface area contributed by atoms with Crippen molar-refractivity contribution in [3.05, 3.63) is 11.7 Å². The SMILES string of the molecule is CC1CCC(c2noc(CC(O)C3CCCC3)n2)CC1. The van der Waals surface area contributed by atoms with Crippen molar-refractivity contribution in [1.82, 2.24) is 10.1 Å². The molecule has 0 radical (unpaired) electrons. The van der Waals surface area contributed by atoms with Gasteiger partial charge in [0, 0.05) is 5.92 Å². The van der Waals surface area contributed by atoms with Crippen molar-refractivity contribution in [3.8, 4) is 0 Å². The standard InChI is InChI=1S/C16H26N2O2/c1-11-6-8-13(9-7-11)16-17-15(20-18-16)10-14(19)12-4-2-3-5-12/h11-14,19H,2-10H2,1H3. The average Bonchev–Trinajstić information content (AvgIpc) is 3.10. The van der Waals surface area contributed by atoms with Crippen molar-refractivity contribution in [1.29, 1.82) is 0 Å². The Morgan fingerprint density at radius 1 is 1.15 bits per heavy atom. The van der Waals surface area contributed by atoms with Crippen LogP contribution in [0.5, 0.6) is 0 Å². The molecular formula is C16H26N2O2. The summed E-state index contributed by atoms with van der Waals surface area (Å²) in [7, 11) is 0. The quantitative estimate of drug-likeness (QED) is 0.916. The van der Waals surface area contributed by atoms with Gasteiger partial charge in [-0.15, -0.1) is 0 Å². The van der Waals surface area contributed by atoms with Gasteiger partial charge in [-0.25, -0.2) is 0 Å². The molecule has 2 saturated carbocycles. The van der Waals surface area contributed by atoms with E-state index in [1.807, 2.05) is 0 Å². The van der Waals surface area contributed by atoms with Crippen molar-refractivity contribution in [2.24, 2.45) is 11.8 Å². The molecule has 4 heteroatoms. The average molecular weight is 278 g/mol. The summed E-state index contributed by atoms with van der Waals surface area (Å²) in [6, 6.07) is 0. The number of aromatic nitrogens is 2. The van der Waals surface area contributed by atoms with Crippen molar-refractivity contribution >= 4 is 0 Å². The van der Waals surface area contributed by atoms with Crippen LogP contribution >= 0.6 is 0 Å². The van der Waals surface area contributed by atoms with Crippen LogP contribution in [0.4, 0.5) is 0 Å². The van der Waals surface area contributed by atoms with Crippen molar-refractivity contribution < 1.29 is 9.63 Å². The molecule has 3 rings (SSSR count). The Morgan fingerprint density at radius 2 is 1.85 bits per heavy atom. The first-order valence-electron chi connectivity index (χ1n) is 8.23. The lowest BCUT2D eigenvalue weighted by Crippen LogP contribution is -2.20. The minimum absolute atomic E-state index is 0.308. The molecule has 0 bridgehead atoms. The summed E-state index contributed by atoms with van der Waals surface area (Å²) in [5, 5.41) is 14.4. The van der Waals surface area contributed by atoms with Gasteiger partial charge in [-0.1, -0.05) is 37.8 Å². The highest BCUT2D eigenvalue weighted by Gasteiger charge is 2.27. The summed E-state index contributed by atoms with van der Waals surface area (Å²) >= 11 is 0. The maximum Gasteiger partial charge on any atom is 0.229 e. The molecule has 0 spiro atoms. The van der Waals surface area contributed by atoms with E-state index in [2.05, 4.69) is 17.1 Å². The molecule has 2 aliphatic rings. The third kappa shape index (κ3) is 3.22. The van der Waals surface area contributed by atoms with E-state index in [4.69, 9.17) is 4.52 Å². The number of aliphatic hydroxyl groups is 1. The van der Waals surface area contributed by atoms with Crippen LogP contribution in [0.15, 0.2) is 4.52 Å². The van der Waals surface area contributed by atoms with E-state index < -0.39 is 0 Å². The van der Waals surface area contributed by atoms with Gasteiger partial charge < -0.3 is 9.63 Å². The van der Waals surface area contributed by atoms with Crippen molar-refractivity contribution in [2.45, 2.75) is 76.7 Å². The summed E-state index contributed by atoms with van der Waals surface area (Å²) in [6.45, 7) is 2.32. The summed E-state index contributed by atoms with van der Waals surface area (Å²) in [6.07, 6.45) is 9.87. The second-order valence-corrected chi connectivity index (χ2v) is 6.82. The first kappa shape index (κ1) is 14.1. The second kappa shape index (κ2) is 6.25. The second-order valence-electron chi connectivity index (χ2n) is 6.82. The minimum atomic E-state index is -0.308. The van der Waals surface area contributed by atoms with Gasteiger partial charge in [0.1, 0.15) is 0 Å². The smallest absolute Gasteiger partial charge is 0.229 e. The molecule has 112 valence electrons. The lowest BCUT2D eigenvalue weighted by atomic mass is 9.83. The van der Waals surface area contributed by atoms with Crippen LogP contribution in [0.2, 0.25) is 0 Å². The van der Waals surface area contributed by atoms with Crippen LogP contribution in [-0.4, -0.2) is 21.4 Å². The fourth-order valence-corrected chi connectivity index (χ4v) is 3.72. The molecule has 2 aliphatic carbocycles. The van der Waals surface area contributed by atoms with E-state index in [0.717, 1.165) is 24.6 Å².